The molecule has 0 amide bonds. The Morgan fingerprint density at radius 2 is 2.12 bits per heavy atom. The Bertz CT molecular complexity index is 915. The van der Waals surface area contributed by atoms with Gasteiger partial charge in [-0.05, 0) is 76.8 Å². The molecule has 0 aromatic heterocycles. The SMILES string of the molecule is CC(C)=CC(=O)OC1=C2OC3C(O)CCC4(O)C5CC(C=C1)C2C34CCN5CC1CCC1. The van der Waals surface area contributed by atoms with Crippen molar-refractivity contribution in [2.45, 2.75) is 82.6 Å². The molecule has 2 aliphatic heterocycles. The summed E-state index contributed by atoms with van der Waals surface area (Å²) in [5, 5.41) is 23.4. The fourth-order valence-electron chi connectivity index (χ4n) is 7.89. The van der Waals surface area contributed by atoms with E-state index in [-0.39, 0.29) is 17.9 Å². The number of carbonyl (C=O) groups is 1. The minimum Gasteiger partial charge on any atom is -0.487 e. The number of ether oxygens (including phenoxy) is 2. The van der Waals surface area contributed by atoms with Crippen molar-refractivity contribution in [3.05, 3.63) is 35.3 Å². The smallest absolute Gasteiger partial charge is 0.336 e. The van der Waals surface area contributed by atoms with Crippen LogP contribution in [0.15, 0.2) is 35.3 Å². The van der Waals surface area contributed by atoms with Crippen LogP contribution >= 0.6 is 0 Å². The molecule has 2 heterocycles. The lowest BCUT2D eigenvalue weighted by atomic mass is 9.44. The number of allylic oxidation sites excluding steroid dienone is 4. The first-order chi connectivity index (χ1) is 15.3. The minimum absolute atomic E-state index is 0.0472. The molecular formula is C26H35NO5. The number of hydrogen-bond acceptors (Lipinski definition) is 6. The molecule has 2 N–H and O–H groups in total. The van der Waals surface area contributed by atoms with Crippen LogP contribution in [0.3, 0.4) is 0 Å². The molecule has 32 heavy (non-hydrogen) atoms. The van der Waals surface area contributed by atoms with Gasteiger partial charge in [-0.2, -0.15) is 0 Å². The third-order valence-corrected chi connectivity index (χ3v) is 9.38. The third kappa shape index (κ3) is 2.72. The predicted octanol–water partition coefficient (Wildman–Crippen LogP) is 3.06. The molecule has 2 saturated heterocycles. The summed E-state index contributed by atoms with van der Waals surface area (Å²) in [4.78, 5) is 14.9. The van der Waals surface area contributed by atoms with E-state index in [9.17, 15) is 15.0 Å². The molecule has 1 spiro atoms. The lowest BCUT2D eigenvalue weighted by molar-refractivity contribution is -0.268. The van der Waals surface area contributed by atoms with Gasteiger partial charge < -0.3 is 19.7 Å². The molecule has 6 rings (SSSR count). The molecule has 6 heteroatoms. The maximum atomic E-state index is 12.4. The van der Waals surface area contributed by atoms with Gasteiger partial charge in [0.1, 0.15) is 11.9 Å². The van der Waals surface area contributed by atoms with Gasteiger partial charge in [0.15, 0.2) is 5.76 Å². The fraction of sp³-hybridized carbons (Fsp3) is 0.731. The Kier molecular flexibility index (Phi) is 4.70. The molecule has 0 aromatic carbocycles. The van der Waals surface area contributed by atoms with Gasteiger partial charge >= 0.3 is 5.97 Å². The summed E-state index contributed by atoms with van der Waals surface area (Å²) >= 11 is 0. The zero-order chi connectivity index (χ0) is 22.3. The number of aliphatic hydroxyl groups excluding tert-OH is 1. The van der Waals surface area contributed by atoms with Crippen LogP contribution in [0.2, 0.25) is 0 Å². The van der Waals surface area contributed by atoms with Crippen LogP contribution in [0, 0.1) is 23.2 Å². The van der Waals surface area contributed by atoms with E-state index in [2.05, 4.69) is 11.0 Å². The molecule has 5 fully saturated rings. The topological polar surface area (TPSA) is 79.2 Å². The lowest BCUT2D eigenvalue weighted by Gasteiger charge is -2.67. The number of nitrogens with zero attached hydrogens (tertiary/aromatic N) is 1. The van der Waals surface area contributed by atoms with Gasteiger partial charge in [0.05, 0.1) is 17.1 Å². The summed E-state index contributed by atoms with van der Waals surface area (Å²) in [6.45, 7) is 5.73. The van der Waals surface area contributed by atoms with Crippen LogP contribution in [0.1, 0.15) is 58.8 Å². The molecule has 7 atom stereocenters. The monoisotopic (exact) mass is 441 g/mol. The van der Waals surface area contributed by atoms with Crippen molar-refractivity contribution < 1.29 is 24.5 Å². The third-order valence-electron chi connectivity index (χ3n) is 9.38. The van der Waals surface area contributed by atoms with Crippen LogP contribution in [0.4, 0.5) is 0 Å². The summed E-state index contributed by atoms with van der Waals surface area (Å²) < 4.78 is 12.2. The van der Waals surface area contributed by atoms with E-state index in [0.717, 1.165) is 37.4 Å². The van der Waals surface area contributed by atoms with E-state index in [1.807, 2.05) is 19.9 Å². The fourth-order valence-corrected chi connectivity index (χ4v) is 7.89. The Labute approximate surface area is 189 Å². The maximum Gasteiger partial charge on any atom is 0.336 e. The largest absolute Gasteiger partial charge is 0.487 e. The number of aliphatic hydroxyl groups is 2. The lowest BCUT2D eigenvalue weighted by Crippen LogP contribution is -2.77. The molecule has 4 aliphatic carbocycles. The summed E-state index contributed by atoms with van der Waals surface area (Å²) in [5.74, 6) is 1.64. The van der Waals surface area contributed by atoms with E-state index in [1.165, 1.54) is 25.3 Å². The summed E-state index contributed by atoms with van der Waals surface area (Å²) in [6, 6.07) is 0.0930. The van der Waals surface area contributed by atoms with Crippen molar-refractivity contribution in [3.63, 3.8) is 0 Å². The minimum atomic E-state index is -0.887. The van der Waals surface area contributed by atoms with Gasteiger partial charge in [0.25, 0.3) is 0 Å². The van der Waals surface area contributed by atoms with Crippen LogP contribution in [-0.4, -0.2) is 58.0 Å². The average molecular weight is 442 g/mol. The quantitative estimate of drug-likeness (QED) is 0.516. The second kappa shape index (κ2) is 7.18. The second-order valence-electron chi connectivity index (χ2n) is 11.3. The Morgan fingerprint density at radius 1 is 1.31 bits per heavy atom. The Hall–Kier alpha value is -1.63. The highest BCUT2D eigenvalue weighted by atomic mass is 16.6. The van der Waals surface area contributed by atoms with Crippen molar-refractivity contribution in [2.24, 2.45) is 23.2 Å². The number of esters is 1. The molecule has 6 nitrogen and oxygen atoms in total. The Balaban J connectivity index is 1.40. The number of carbonyl (C=O) groups excluding carboxylic acids is 1. The standard InChI is InChI=1S/C26H35NO5/c1-15(2)12-21(29)31-19-7-6-17-13-20-26(30)9-8-18(28)24-25(26,22(17)23(19)32-24)10-11-27(20)14-16-4-3-5-16/h6-7,12,16-18,20,22,24,28,30H,3-5,8-11,13-14H2,1-2H3. The van der Waals surface area contributed by atoms with Gasteiger partial charge in [-0.3, -0.25) is 4.90 Å². The van der Waals surface area contributed by atoms with Crippen molar-refractivity contribution >= 4 is 5.97 Å². The average Bonchev–Trinajstić information content (AvgIpc) is 3.05. The number of rotatable bonds is 4. The van der Waals surface area contributed by atoms with Gasteiger partial charge in [0, 0.05) is 24.6 Å². The van der Waals surface area contributed by atoms with Crippen molar-refractivity contribution in [2.75, 3.05) is 13.1 Å². The molecule has 6 aliphatic rings. The van der Waals surface area contributed by atoms with Gasteiger partial charge in [-0.1, -0.05) is 18.1 Å². The van der Waals surface area contributed by atoms with Crippen LogP contribution in [-0.2, 0) is 14.3 Å². The highest BCUT2D eigenvalue weighted by Gasteiger charge is 2.76. The molecule has 0 aromatic rings. The van der Waals surface area contributed by atoms with Crippen LogP contribution in [0.25, 0.3) is 0 Å². The first-order valence-electron chi connectivity index (χ1n) is 12.4. The van der Waals surface area contributed by atoms with Crippen LogP contribution < -0.4 is 0 Å². The van der Waals surface area contributed by atoms with Gasteiger partial charge in [0.2, 0.25) is 0 Å². The summed E-state index contributed by atoms with van der Waals surface area (Å²) in [7, 11) is 0. The van der Waals surface area contributed by atoms with E-state index in [0.29, 0.717) is 24.4 Å². The van der Waals surface area contributed by atoms with E-state index >= 15 is 0 Å². The zero-order valence-electron chi connectivity index (χ0n) is 19.1. The highest BCUT2D eigenvalue weighted by molar-refractivity contribution is 5.83. The molecule has 2 bridgehead atoms. The zero-order valence-corrected chi connectivity index (χ0v) is 19.1. The molecule has 3 saturated carbocycles. The number of hydrogen-bond donors (Lipinski definition) is 2. The first-order valence-corrected chi connectivity index (χ1v) is 12.4. The van der Waals surface area contributed by atoms with Crippen molar-refractivity contribution in [3.8, 4) is 0 Å². The molecule has 0 radical (unpaired) electrons. The maximum absolute atomic E-state index is 12.4. The predicted molar refractivity (Wildman–Crippen MR) is 118 cm³/mol. The van der Waals surface area contributed by atoms with Crippen molar-refractivity contribution in [1.82, 2.24) is 4.90 Å². The highest BCUT2D eigenvalue weighted by Crippen LogP contribution is 2.70. The Morgan fingerprint density at radius 3 is 2.84 bits per heavy atom. The van der Waals surface area contributed by atoms with Gasteiger partial charge in [-0.15, -0.1) is 0 Å². The van der Waals surface area contributed by atoms with Crippen LogP contribution in [0.5, 0.6) is 0 Å². The number of piperidine rings is 1. The number of likely N-dealkylation sites (tertiary alicyclic amines) is 1. The molecule has 7 unspecified atom stereocenters. The van der Waals surface area contributed by atoms with E-state index in [4.69, 9.17) is 9.47 Å². The first kappa shape index (κ1) is 20.9. The molecular weight excluding hydrogens is 406 g/mol. The van der Waals surface area contributed by atoms with E-state index < -0.39 is 29.2 Å². The van der Waals surface area contributed by atoms with Gasteiger partial charge in [-0.25, -0.2) is 4.79 Å². The normalized spacial score (nSPS) is 44.4. The second-order valence-corrected chi connectivity index (χ2v) is 11.3. The summed E-state index contributed by atoms with van der Waals surface area (Å²) in [6.07, 6.45) is 11.2. The van der Waals surface area contributed by atoms with E-state index in [1.54, 1.807) is 0 Å². The molecule has 174 valence electrons. The van der Waals surface area contributed by atoms with Crippen molar-refractivity contribution in [1.29, 1.82) is 0 Å². The summed E-state index contributed by atoms with van der Waals surface area (Å²) in [5.41, 5.74) is -0.535.